The SMILES string of the molecule is O=[SH](=O)Oc1ccccc1.[Cu]. The number of benzene rings is 1. The molecule has 0 N–H and O–H groups in total. The second kappa shape index (κ2) is 5.18. The summed E-state index contributed by atoms with van der Waals surface area (Å²) in [4.78, 5) is 0. The molecule has 1 radical (unpaired) electrons. The molecular weight excluding hydrogens is 216 g/mol. The Morgan fingerprint density at radius 2 is 1.64 bits per heavy atom. The molecule has 1 aromatic carbocycles. The summed E-state index contributed by atoms with van der Waals surface area (Å²) in [5, 5.41) is 0. The summed E-state index contributed by atoms with van der Waals surface area (Å²) in [6.45, 7) is 0. The van der Waals surface area contributed by atoms with Crippen LogP contribution in [0.4, 0.5) is 0 Å². The van der Waals surface area contributed by atoms with E-state index in [2.05, 4.69) is 4.18 Å². The van der Waals surface area contributed by atoms with Crippen LogP contribution in [0, 0.1) is 0 Å². The van der Waals surface area contributed by atoms with Crippen molar-refractivity contribution < 1.29 is 29.7 Å². The van der Waals surface area contributed by atoms with Gasteiger partial charge in [0.15, 0.2) is 0 Å². The van der Waals surface area contributed by atoms with Crippen LogP contribution in [-0.4, -0.2) is 8.42 Å². The Labute approximate surface area is 77.0 Å². The van der Waals surface area contributed by atoms with Gasteiger partial charge in [-0.15, -0.1) is 0 Å². The first kappa shape index (κ1) is 10.5. The van der Waals surface area contributed by atoms with Crippen molar-refractivity contribution in [3.63, 3.8) is 0 Å². The molecule has 3 nitrogen and oxygen atoms in total. The zero-order valence-corrected chi connectivity index (χ0v) is 7.20. The first-order valence-corrected chi connectivity index (χ1v) is 3.76. The van der Waals surface area contributed by atoms with Gasteiger partial charge >= 0.3 is 0 Å². The third-order valence-electron chi connectivity index (χ3n) is 0.923. The molecule has 0 aliphatic carbocycles. The van der Waals surface area contributed by atoms with Gasteiger partial charge in [0.05, 0.1) is 0 Å². The maximum absolute atomic E-state index is 9.98. The molecule has 0 fully saturated rings. The molecule has 0 bridgehead atoms. The molecule has 0 spiro atoms. The number of hydrogen-bond donors (Lipinski definition) is 1. The molecule has 0 atom stereocenters. The molecule has 5 heteroatoms. The van der Waals surface area contributed by atoms with Gasteiger partial charge in [-0.25, -0.2) is 0 Å². The quantitative estimate of drug-likeness (QED) is 0.587. The number of para-hydroxylation sites is 1. The number of rotatable bonds is 2. The normalized spacial score (nSPS) is 8.82. The minimum Gasteiger partial charge on any atom is -0.384 e. The average molecular weight is 222 g/mol. The molecule has 11 heavy (non-hydrogen) atoms. The van der Waals surface area contributed by atoms with Crippen LogP contribution in [0.1, 0.15) is 0 Å². The summed E-state index contributed by atoms with van der Waals surface area (Å²) in [6, 6.07) is 8.34. The fourth-order valence-electron chi connectivity index (χ4n) is 0.567. The number of thiol groups is 1. The molecule has 0 aliphatic heterocycles. The molecule has 0 amide bonds. The van der Waals surface area contributed by atoms with Gasteiger partial charge < -0.3 is 4.18 Å². The molecule has 1 rings (SSSR count). The van der Waals surface area contributed by atoms with Gasteiger partial charge in [-0.05, 0) is 12.1 Å². The Balaban J connectivity index is 0.000001000. The first-order chi connectivity index (χ1) is 4.79. The van der Waals surface area contributed by atoms with Crippen molar-refractivity contribution in [1.29, 1.82) is 0 Å². The van der Waals surface area contributed by atoms with Gasteiger partial charge in [-0.2, -0.15) is 8.42 Å². The van der Waals surface area contributed by atoms with Crippen molar-refractivity contribution in [2.24, 2.45) is 0 Å². The fraction of sp³-hybridized carbons (Fsp3) is 0. The molecular formula is C6H6CuO3S. The fourth-order valence-corrected chi connectivity index (χ4v) is 0.861. The molecule has 1 aromatic rings. The third-order valence-corrected chi connectivity index (χ3v) is 1.28. The monoisotopic (exact) mass is 221 g/mol. The van der Waals surface area contributed by atoms with Crippen LogP contribution in [-0.2, 0) is 28.1 Å². The van der Waals surface area contributed by atoms with E-state index in [-0.39, 0.29) is 17.1 Å². The molecule has 0 aliphatic rings. The van der Waals surface area contributed by atoms with Crippen LogP contribution in [0.15, 0.2) is 30.3 Å². The number of hydrogen-bond acceptors (Lipinski definition) is 3. The largest absolute Gasteiger partial charge is 0.384 e. The summed E-state index contributed by atoms with van der Waals surface area (Å²) in [6.07, 6.45) is 0. The summed E-state index contributed by atoms with van der Waals surface area (Å²) >= 11 is 0. The van der Waals surface area contributed by atoms with E-state index in [1.165, 1.54) is 0 Å². The Bertz CT molecular complexity index is 262. The summed E-state index contributed by atoms with van der Waals surface area (Å²) in [7, 11) is -2.78. The second-order valence-corrected chi connectivity index (χ2v) is 2.26. The summed E-state index contributed by atoms with van der Waals surface area (Å²) < 4.78 is 24.3. The van der Waals surface area contributed by atoms with Gasteiger partial charge in [0.2, 0.25) is 0 Å². The van der Waals surface area contributed by atoms with Crippen molar-refractivity contribution in [2.45, 2.75) is 0 Å². The van der Waals surface area contributed by atoms with Crippen molar-refractivity contribution in [3.8, 4) is 5.75 Å². The van der Waals surface area contributed by atoms with Gasteiger partial charge in [-0.1, -0.05) is 18.2 Å². The van der Waals surface area contributed by atoms with E-state index in [1.54, 1.807) is 30.3 Å². The predicted octanol–water partition coefficient (Wildman–Crippen LogP) is 0.589. The maximum Gasteiger partial charge on any atom is 0.299 e. The zero-order chi connectivity index (χ0) is 7.40. The zero-order valence-electron chi connectivity index (χ0n) is 5.36. The molecule has 0 saturated carbocycles. The third kappa shape index (κ3) is 4.03. The van der Waals surface area contributed by atoms with Crippen LogP contribution in [0.3, 0.4) is 0 Å². The van der Waals surface area contributed by atoms with Crippen molar-refractivity contribution >= 4 is 11.0 Å². The Hall–Kier alpha value is -0.511. The standard InChI is InChI=1S/C6H6O3S.Cu/c7-10(8)9-6-4-2-1-3-5-6;/h1-5,10H;. The Kier molecular flexibility index (Phi) is 4.94. The van der Waals surface area contributed by atoms with Crippen LogP contribution in [0.25, 0.3) is 0 Å². The van der Waals surface area contributed by atoms with E-state index in [1.807, 2.05) is 0 Å². The topological polar surface area (TPSA) is 43.4 Å². The summed E-state index contributed by atoms with van der Waals surface area (Å²) in [5.41, 5.74) is 0. The second-order valence-electron chi connectivity index (χ2n) is 1.63. The van der Waals surface area contributed by atoms with E-state index in [0.717, 1.165) is 0 Å². The maximum atomic E-state index is 9.98. The predicted molar refractivity (Wildman–Crippen MR) is 37.4 cm³/mol. The Morgan fingerprint density at radius 3 is 2.09 bits per heavy atom. The van der Waals surface area contributed by atoms with Gasteiger partial charge in [-0.3, -0.25) is 0 Å². The van der Waals surface area contributed by atoms with Gasteiger partial charge in [0.25, 0.3) is 11.0 Å². The van der Waals surface area contributed by atoms with E-state index < -0.39 is 11.0 Å². The molecule has 0 unspecified atom stereocenters. The van der Waals surface area contributed by atoms with Crippen LogP contribution >= 0.6 is 0 Å². The van der Waals surface area contributed by atoms with Gasteiger partial charge in [0.1, 0.15) is 5.75 Å². The van der Waals surface area contributed by atoms with Gasteiger partial charge in [0, 0.05) is 17.1 Å². The molecule has 0 heterocycles. The van der Waals surface area contributed by atoms with Crippen molar-refractivity contribution in [3.05, 3.63) is 30.3 Å². The van der Waals surface area contributed by atoms with E-state index in [0.29, 0.717) is 5.75 Å². The molecule has 0 saturated heterocycles. The van der Waals surface area contributed by atoms with Crippen LogP contribution in [0.2, 0.25) is 0 Å². The minimum absolute atomic E-state index is 0. The Morgan fingerprint density at radius 1 is 1.09 bits per heavy atom. The molecule has 65 valence electrons. The van der Waals surface area contributed by atoms with Crippen LogP contribution < -0.4 is 4.18 Å². The van der Waals surface area contributed by atoms with E-state index in [9.17, 15) is 8.42 Å². The van der Waals surface area contributed by atoms with Crippen molar-refractivity contribution in [1.82, 2.24) is 0 Å². The average Bonchev–Trinajstić information content (AvgIpc) is 1.88. The smallest absolute Gasteiger partial charge is 0.299 e. The van der Waals surface area contributed by atoms with Crippen molar-refractivity contribution in [2.75, 3.05) is 0 Å². The van der Waals surface area contributed by atoms with Crippen LogP contribution in [0.5, 0.6) is 5.75 Å². The first-order valence-electron chi connectivity index (χ1n) is 2.66. The molecule has 0 aromatic heterocycles. The minimum atomic E-state index is -2.78. The summed E-state index contributed by atoms with van der Waals surface area (Å²) in [5.74, 6) is 0.346. The van der Waals surface area contributed by atoms with E-state index in [4.69, 9.17) is 0 Å². The van der Waals surface area contributed by atoms with E-state index >= 15 is 0 Å².